The molecule has 7 aromatic rings. The molecule has 0 bridgehead atoms. The third-order valence-corrected chi connectivity index (χ3v) is 10.9. The maximum atomic E-state index is 2.45. The lowest BCUT2D eigenvalue weighted by molar-refractivity contribution is 1.14. The van der Waals surface area contributed by atoms with Crippen molar-refractivity contribution in [3.05, 3.63) is 159 Å². The Morgan fingerprint density at radius 1 is 0.440 bits per heavy atom. The van der Waals surface area contributed by atoms with Crippen molar-refractivity contribution < 1.29 is 0 Å². The Morgan fingerprint density at radius 3 is 1.34 bits per heavy atom. The summed E-state index contributed by atoms with van der Waals surface area (Å²) in [6.45, 7) is 22.0. The van der Waals surface area contributed by atoms with Crippen molar-refractivity contribution in [3.8, 4) is 0 Å². The van der Waals surface area contributed by atoms with Crippen LogP contribution < -0.4 is 9.80 Å². The van der Waals surface area contributed by atoms with Crippen molar-refractivity contribution in [1.82, 2.24) is 0 Å². The number of anilines is 5. The second-order valence-corrected chi connectivity index (χ2v) is 14.5. The standard InChI is InChI=1S/C48H48N2/c1-29(2)33(6)25-37(10)49(40-18-11-30(3)34(7)26-40)45-23-16-38-15-22-44-46(24-17-39-14-21-43(45)47(38)48(39)44)50(41-19-12-31(4)35(8)27-41)42-20-13-32(5)36(9)28-42/h11-28H,1-10H3/b37-25+. The third-order valence-electron chi connectivity index (χ3n) is 10.9. The molecule has 0 unspecified atom stereocenters. The van der Waals surface area contributed by atoms with Crippen molar-refractivity contribution >= 4 is 60.8 Å². The molecule has 2 nitrogen and oxygen atoms in total. The average Bonchev–Trinajstić information content (AvgIpc) is 3.09. The zero-order chi connectivity index (χ0) is 35.4. The number of benzene rings is 7. The Bertz CT molecular complexity index is 2440. The van der Waals surface area contributed by atoms with Crippen LogP contribution in [-0.2, 0) is 0 Å². The minimum absolute atomic E-state index is 1.17. The monoisotopic (exact) mass is 652 g/mol. The number of allylic oxidation sites excluding steroid dienone is 4. The van der Waals surface area contributed by atoms with Crippen molar-refractivity contribution in [1.29, 1.82) is 0 Å². The number of hydrogen-bond acceptors (Lipinski definition) is 2. The first-order valence-electron chi connectivity index (χ1n) is 17.8. The first kappa shape index (κ1) is 33.2. The van der Waals surface area contributed by atoms with Crippen LogP contribution in [0.4, 0.5) is 28.4 Å². The Kier molecular flexibility index (Phi) is 8.52. The Hall–Kier alpha value is -5.34. The highest BCUT2D eigenvalue weighted by Gasteiger charge is 2.22. The average molecular weight is 653 g/mol. The summed E-state index contributed by atoms with van der Waals surface area (Å²) in [5, 5.41) is 7.62. The predicted molar refractivity (Wildman–Crippen MR) is 220 cm³/mol. The van der Waals surface area contributed by atoms with E-state index in [9.17, 15) is 0 Å². The molecule has 0 fully saturated rings. The van der Waals surface area contributed by atoms with Gasteiger partial charge in [0.2, 0.25) is 0 Å². The lowest BCUT2D eigenvalue weighted by atomic mass is 9.91. The van der Waals surface area contributed by atoms with Gasteiger partial charge in [-0.25, -0.2) is 0 Å². The smallest absolute Gasteiger partial charge is 0.0540 e. The molecule has 7 rings (SSSR count). The molecule has 0 aliphatic carbocycles. The van der Waals surface area contributed by atoms with Crippen LogP contribution in [0, 0.1) is 41.5 Å². The van der Waals surface area contributed by atoms with Gasteiger partial charge in [-0.1, -0.05) is 65.7 Å². The first-order valence-corrected chi connectivity index (χ1v) is 17.8. The van der Waals surface area contributed by atoms with Crippen LogP contribution in [0.1, 0.15) is 61.1 Å². The molecule has 0 saturated heterocycles. The van der Waals surface area contributed by atoms with E-state index in [1.165, 1.54) is 111 Å². The van der Waals surface area contributed by atoms with Crippen molar-refractivity contribution in [3.63, 3.8) is 0 Å². The second kappa shape index (κ2) is 12.8. The highest BCUT2D eigenvalue weighted by molar-refractivity contribution is 6.28. The second-order valence-electron chi connectivity index (χ2n) is 14.5. The number of rotatable bonds is 7. The fourth-order valence-corrected chi connectivity index (χ4v) is 7.24. The molecule has 0 N–H and O–H groups in total. The molecule has 0 amide bonds. The van der Waals surface area contributed by atoms with E-state index in [0.717, 1.165) is 0 Å². The van der Waals surface area contributed by atoms with Gasteiger partial charge in [-0.15, -0.1) is 0 Å². The molecule has 0 saturated carbocycles. The van der Waals surface area contributed by atoms with Gasteiger partial charge in [0.25, 0.3) is 0 Å². The maximum absolute atomic E-state index is 2.45. The van der Waals surface area contributed by atoms with Gasteiger partial charge in [-0.2, -0.15) is 0 Å². The van der Waals surface area contributed by atoms with Gasteiger partial charge in [0.15, 0.2) is 0 Å². The van der Waals surface area contributed by atoms with E-state index >= 15 is 0 Å². The van der Waals surface area contributed by atoms with Crippen LogP contribution in [0.5, 0.6) is 0 Å². The zero-order valence-corrected chi connectivity index (χ0v) is 31.3. The van der Waals surface area contributed by atoms with Crippen LogP contribution in [-0.4, -0.2) is 0 Å². The van der Waals surface area contributed by atoms with E-state index in [1.54, 1.807) is 0 Å². The summed E-state index contributed by atoms with van der Waals surface area (Å²) in [6.07, 6.45) is 2.33. The molecule has 0 aromatic heterocycles. The Morgan fingerprint density at radius 2 is 0.860 bits per heavy atom. The summed E-state index contributed by atoms with van der Waals surface area (Å²) in [4.78, 5) is 4.89. The third kappa shape index (κ3) is 5.73. The molecular weight excluding hydrogens is 605 g/mol. The van der Waals surface area contributed by atoms with Crippen LogP contribution in [0.2, 0.25) is 0 Å². The fraction of sp³-hybridized carbons (Fsp3) is 0.208. The molecular formula is C48H48N2. The Labute approximate surface area is 298 Å². The SMILES string of the molecule is CC(C)=C(C)/C=C(\C)N(c1ccc(C)c(C)c1)c1ccc2ccc3c(N(c4ccc(C)c(C)c4)c4ccc(C)c(C)c4)ccc4ccc1c2c43. The van der Waals surface area contributed by atoms with Crippen LogP contribution >= 0.6 is 0 Å². The van der Waals surface area contributed by atoms with E-state index in [0.29, 0.717) is 0 Å². The lowest BCUT2D eigenvalue weighted by Crippen LogP contribution is -2.15. The van der Waals surface area contributed by atoms with E-state index in [4.69, 9.17) is 0 Å². The quantitative estimate of drug-likeness (QED) is 0.125. The minimum Gasteiger partial charge on any atom is -0.314 e. The van der Waals surface area contributed by atoms with Crippen molar-refractivity contribution in [2.75, 3.05) is 9.80 Å². The van der Waals surface area contributed by atoms with Gasteiger partial charge < -0.3 is 9.80 Å². The fourth-order valence-electron chi connectivity index (χ4n) is 7.24. The molecule has 0 aliphatic heterocycles. The van der Waals surface area contributed by atoms with E-state index < -0.39 is 0 Å². The summed E-state index contributed by atoms with van der Waals surface area (Å²) in [6, 6.07) is 39.0. The summed E-state index contributed by atoms with van der Waals surface area (Å²) < 4.78 is 0. The van der Waals surface area contributed by atoms with Crippen molar-refractivity contribution in [2.45, 2.75) is 69.2 Å². The molecule has 250 valence electrons. The molecule has 0 spiro atoms. The van der Waals surface area contributed by atoms with Crippen LogP contribution in [0.25, 0.3) is 32.3 Å². The summed E-state index contributed by atoms with van der Waals surface area (Å²) in [5.74, 6) is 0. The molecule has 2 heteroatoms. The normalized spacial score (nSPS) is 11.9. The molecule has 0 atom stereocenters. The first-order chi connectivity index (χ1) is 23.9. The molecule has 7 aromatic carbocycles. The van der Waals surface area contributed by atoms with E-state index in [1.807, 2.05) is 0 Å². The van der Waals surface area contributed by atoms with Gasteiger partial charge in [0.1, 0.15) is 0 Å². The Balaban J connectivity index is 1.52. The maximum Gasteiger partial charge on any atom is 0.0540 e. The molecule has 0 heterocycles. The number of nitrogens with zero attached hydrogens (tertiary/aromatic N) is 2. The summed E-state index contributed by atoms with van der Waals surface area (Å²) >= 11 is 0. The number of hydrogen-bond donors (Lipinski definition) is 0. The molecule has 0 aliphatic rings. The van der Waals surface area contributed by atoms with E-state index in [-0.39, 0.29) is 0 Å². The largest absolute Gasteiger partial charge is 0.314 e. The van der Waals surface area contributed by atoms with Gasteiger partial charge in [0.05, 0.1) is 11.4 Å². The van der Waals surface area contributed by atoms with Gasteiger partial charge in [-0.05, 0) is 179 Å². The zero-order valence-electron chi connectivity index (χ0n) is 31.3. The molecule has 50 heavy (non-hydrogen) atoms. The highest BCUT2D eigenvalue weighted by atomic mass is 15.2. The topological polar surface area (TPSA) is 6.48 Å². The molecule has 0 radical (unpaired) electrons. The minimum atomic E-state index is 1.17. The van der Waals surface area contributed by atoms with Crippen LogP contribution in [0.15, 0.2) is 126 Å². The summed E-state index contributed by atoms with van der Waals surface area (Å²) in [5.41, 5.74) is 17.5. The highest BCUT2D eigenvalue weighted by Crippen LogP contribution is 2.47. The predicted octanol–water partition coefficient (Wildman–Crippen LogP) is 14.3. The van der Waals surface area contributed by atoms with Crippen LogP contribution in [0.3, 0.4) is 0 Å². The van der Waals surface area contributed by atoms with Gasteiger partial charge >= 0.3 is 0 Å². The van der Waals surface area contributed by atoms with E-state index in [2.05, 4.69) is 188 Å². The summed E-state index contributed by atoms with van der Waals surface area (Å²) in [7, 11) is 0. The van der Waals surface area contributed by atoms with Gasteiger partial charge in [0, 0.05) is 33.5 Å². The lowest BCUT2D eigenvalue weighted by Gasteiger charge is -2.30. The number of aryl methyl sites for hydroxylation is 6. The van der Waals surface area contributed by atoms with Crippen molar-refractivity contribution in [2.24, 2.45) is 0 Å². The van der Waals surface area contributed by atoms with Gasteiger partial charge in [-0.3, -0.25) is 0 Å².